The van der Waals surface area contributed by atoms with Crippen LogP contribution in [0.5, 0.6) is 5.75 Å². The minimum absolute atomic E-state index is 0.00185. The third-order valence-electron chi connectivity index (χ3n) is 3.50. The Morgan fingerprint density at radius 1 is 1.00 bits per heavy atom. The van der Waals surface area contributed by atoms with Gasteiger partial charge < -0.3 is 4.74 Å². The third kappa shape index (κ3) is 5.86. The third-order valence-corrected chi connectivity index (χ3v) is 3.70. The van der Waals surface area contributed by atoms with E-state index < -0.39 is 5.91 Å². The Bertz CT molecular complexity index is 816. The van der Waals surface area contributed by atoms with E-state index >= 15 is 0 Å². The molecule has 2 aromatic rings. The molecule has 0 aliphatic carbocycles. The molecule has 2 rings (SSSR count). The minimum Gasteiger partial charge on any atom is -0.484 e. The van der Waals surface area contributed by atoms with Crippen LogP contribution in [0.15, 0.2) is 42.5 Å². The van der Waals surface area contributed by atoms with Gasteiger partial charge in [-0.05, 0) is 67.9 Å². The number of thiocarbonyl (C=S) groups is 1. The SMILES string of the molecule is Cc1cc(C)cc(OCC(=O)NNC(=S)NC(=O)c2ccccc2C)c1. The quantitative estimate of drug-likeness (QED) is 0.568. The molecule has 0 aliphatic rings. The van der Waals surface area contributed by atoms with Gasteiger partial charge >= 0.3 is 0 Å². The standard InChI is InChI=1S/C19H21N3O3S/c1-12-8-13(2)10-15(9-12)25-11-17(23)21-22-19(26)20-18(24)16-7-5-4-6-14(16)3/h4-10H,11H2,1-3H3,(H,21,23)(H2,20,22,24,26). The predicted octanol–water partition coefficient (Wildman–Crippen LogP) is 2.33. The molecule has 0 saturated carbocycles. The lowest BCUT2D eigenvalue weighted by atomic mass is 10.1. The number of carbonyl (C=O) groups excluding carboxylic acids is 2. The van der Waals surface area contributed by atoms with E-state index in [-0.39, 0.29) is 17.6 Å². The number of nitrogens with one attached hydrogen (secondary N) is 3. The summed E-state index contributed by atoms with van der Waals surface area (Å²) >= 11 is 5.01. The van der Waals surface area contributed by atoms with E-state index in [2.05, 4.69) is 16.2 Å². The van der Waals surface area contributed by atoms with Crippen LogP contribution in [0.4, 0.5) is 0 Å². The number of carbonyl (C=O) groups is 2. The van der Waals surface area contributed by atoms with E-state index in [1.807, 2.05) is 51.1 Å². The van der Waals surface area contributed by atoms with Gasteiger partial charge in [0.25, 0.3) is 11.8 Å². The molecular weight excluding hydrogens is 350 g/mol. The van der Waals surface area contributed by atoms with E-state index in [0.717, 1.165) is 16.7 Å². The second-order valence-electron chi connectivity index (χ2n) is 5.88. The fraction of sp³-hybridized carbons (Fsp3) is 0.211. The average Bonchev–Trinajstić information content (AvgIpc) is 2.57. The summed E-state index contributed by atoms with van der Waals surface area (Å²) in [5.74, 6) is -0.147. The van der Waals surface area contributed by atoms with Gasteiger partial charge in [-0.2, -0.15) is 0 Å². The summed E-state index contributed by atoms with van der Waals surface area (Å²) in [6, 6.07) is 12.9. The average molecular weight is 371 g/mol. The highest BCUT2D eigenvalue weighted by molar-refractivity contribution is 7.80. The van der Waals surface area contributed by atoms with Crippen LogP contribution in [-0.2, 0) is 4.79 Å². The van der Waals surface area contributed by atoms with Crippen LogP contribution < -0.4 is 20.9 Å². The number of amides is 2. The maximum Gasteiger partial charge on any atom is 0.276 e. The van der Waals surface area contributed by atoms with Crippen molar-refractivity contribution in [2.75, 3.05) is 6.61 Å². The van der Waals surface area contributed by atoms with Crippen molar-refractivity contribution in [2.45, 2.75) is 20.8 Å². The molecule has 2 amide bonds. The molecule has 0 atom stereocenters. The normalized spacial score (nSPS) is 9.96. The van der Waals surface area contributed by atoms with Crippen LogP contribution in [-0.4, -0.2) is 23.5 Å². The molecule has 0 saturated heterocycles. The fourth-order valence-corrected chi connectivity index (χ4v) is 2.50. The Morgan fingerprint density at radius 3 is 2.31 bits per heavy atom. The molecule has 0 bridgehead atoms. The lowest BCUT2D eigenvalue weighted by Crippen LogP contribution is -2.49. The first-order chi connectivity index (χ1) is 12.3. The molecule has 0 radical (unpaired) electrons. The maximum atomic E-state index is 12.1. The molecule has 6 nitrogen and oxygen atoms in total. The first kappa shape index (κ1) is 19.4. The van der Waals surface area contributed by atoms with E-state index in [4.69, 9.17) is 17.0 Å². The molecular formula is C19H21N3O3S. The van der Waals surface area contributed by atoms with Gasteiger partial charge in [-0.3, -0.25) is 25.8 Å². The topological polar surface area (TPSA) is 79.5 Å². The Labute approximate surface area is 157 Å². The highest BCUT2D eigenvalue weighted by Gasteiger charge is 2.10. The molecule has 7 heteroatoms. The van der Waals surface area contributed by atoms with Gasteiger partial charge in [0.05, 0.1) is 0 Å². The number of hydrogen-bond acceptors (Lipinski definition) is 4. The molecule has 0 fully saturated rings. The lowest BCUT2D eigenvalue weighted by molar-refractivity contribution is -0.123. The molecule has 136 valence electrons. The molecule has 26 heavy (non-hydrogen) atoms. The van der Waals surface area contributed by atoms with Gasteiger partial charge in [0.2, 0.25) is 0 Å². The van der Waals surface area contributed by atoms with Crippen LogP contribution in [0, 0.1) is 20.8 Å². The minimum atomic E-state index is -0.420. The summed E-state index contributed by atoms with van der Waals surface area (Å²) in [6.07, 6.45) is 0. The molecule has 0 aromatic heterocycles. The number of hydrazine groups is 1. The molecule has 2 aromatic carbocycles. The van der Waals surface area contributed by atoms with E-state index in [0.29, 0.717) is 11.3 Å². The highest BCUT2D eigenvalue weighted by atomic mass is 32.1. The van der Waals surface area contributed by atoms with Gasteiger partial charge in [-0.15, -0.1) is 0 Å². The first-order valence-corrected chi connectivity index (χ1v) is 8.43. The monoisotopic (exact) mass is 371 g/mol. The van der Waals surface area contributed by atoms with Crippen LogP contribution in [0.25, 0.3) is 0 Å². The molecule has 0 spiro atoms. The van der Waals surface area contributed by atoms with E-state index in [9.17, 15) is 9.59 Å². The van der Waals surface area contributed by atoms with Crippen molar-refractivity contribution in [1.29, 1.82) is 0 Å². The summed E-state index contributed by atoms with van der Waals surface area (Å²) in [6.45, 7) is 5.57. The fourth-order valence-electron chi connectivity index (χ4n) is 2.36. The second kappa shape index (κ2) is 8.96. The summed E-state index contributed by atoms with van der Waals surface area (Å²) < 4.78 is 5.45. The van der Waals surface area contributed by atoms with Crippen molar-refractivity contribution >= 4 is 29.1 Å². The number of rotatable bonds is 4. The van der Waals surface area contributed by atoms with Crippen molar-refractivity contribution in [3.05, 3.63) is 64.7 Å². The number of ether oxygens (including phenoxy) is 1. The molecule has 0 heterocycles. The number of benzene rings is 2. The van der Waals surface area contributed by atoms with Crippen molar-refractivity contribution in [1.82, 2.24) is 16.2 Å². The number of aryl methyl sites for hydroxylation is 3. The smallest absolute Gasteiger partial charge is 0.276 e. The van der Waals surface area contributed by atoms with Crippen LogP contribution in [0.3, 0.4) is 0 Å². The van der Waals surface area contributed by atoms with Crippen LogP contribution in [0.2, 0.25) is 0 Å². The van der Waals surface area contributed by atoms with Crippen LogP contribution in [0.1, 0.15) is 27.0 Å². The largest absolute Gasteiger partial charge is 0.484 e. The molecule has 0 aliphatic heterocycles. The van der Waals surface area contributed by atoms with Gasteiger partial charge in [-0.25, -0.2) is 0 Å². The Hall–Kier alpha value is -2.93. The van der Waals surface area contributed by atoms with Crippen molar-refractivity contribution in [3.8, 4) is 5.75 Å². The Morgan fingerprint density at radius 2 is 1.65 bits per heavy atom. The van der Waals surface area contributed by atoms with Gasteiger partial charge in [0, 0.05) is 5.56 Å². The first-order valence-electron chi connectivity index (χ1n) is 8.02. The lowest BCUT2D eigenvalue weighted by Gasteiger charge is -2.12. The van der Waals surface area contributed by atoms with Crippen molar-refractivity contribution in [3.63, 3.8) is 0 Å². The predicted molar refractivity (Wildman–Crippen MR) is 104 cm³/mol. The zero-order valence-corrected chi connectivity index (χ0v) is 15.7. The highest BCUT2D eigenvalue weighted by Crippen LogP contribution is 2.15. The Kier molecular flexibility index (Phi) is 6.68. The van der Waals surface area contributed by atoms with Gasteiger partial charge in [0.15, 0.2) is 11.7 Å². The van der Waals surface area contributed by atoms with E-state index in [1.165, 1.54) is 0 Å². The Balaban J connectivity index is 1.77. The maximum absolute atomic E-state index is 12.1. The number of hydrogen-bond donors (Lipinski definition) is 3. The second-order valence-corrected chi connectivity index (χ2v) is 6.29. The van der Waals surface area contributed by atoms with Gasteiger partial charge in [0.1, 0.15) is 5.75 Å². The van der Waals surface area contributed by atoms with Crippen molar-refractivity contribution < 1.29 is 14.3 Å². The summed E-state index contributed by atoms with van der Waals surface area (Å²) in [5.41, 5.74) is 8.32. The summed E-state index contributed by atoms with van der Waals surface area (Å²) in [7, 11) is 0. The van der Waals surface area contributed by atoms with Crippen molar-refractivity contribution in [2.24, 2.45) is 0 Å². The van der Waals surface area contributed by atoms with E-state index in [1.54, 1.807) is 12.1 Å². The summed E-state index contributed by atoms with van der Waals surface area (Å²) in [4.78, 5) is 23.9. The zero-order valence-electron chi connectivity index (χ0n) is 14.9. The molecule has 0 unspecified atom stereocenters. The van der Waals surface area contributed by atoms with Crippen LogP contribution >= 0.6 is 12.2 Å². The summed E-state index contributed by atoms with van der Waals surface area (Å²) in [5, 5.41) is 2.51. The zero-order chi connectivity index (χ0) is 19.1. The molecule has 3 N–H and O–H groups in total. The van der Waals surface area contributed by atoms with Gasteiger partial charge in [-0.1, -0.05) is 24.3 Å².